The Hall–Kier alpha value is -2.15. The van der Waals surface area contributed by atoms with E-state index in [9.17, 15) is 14.9 Å². The van der Waals surface area contributed by atoms with Crippen LogP contribution in [0, 0.1) is 10.1 Å². The normalized spacial score (nSPS) is 11.8. The minimum Gasteiger partial charge on any atom is -0.324 e. The molecule has 0 heterocycles. The first kappa shape index (κ1) is 18.2. The summed E-state index contributed by atoms with van der Waals surface area (Å²) < 4.78 is 0. The Balaban J connectivity index is 1.91. The molecule has 1 amide bonds. The Bertz CT molecular complexity index is 751. The summed E-state index contributed by atoms with van der Waals surface area (Å²) in [5.74, 6) is -0.299. The van der Waals surface area contributed by atoms with Gasteiger partial charge in [-0.3, -0.25) is 14.9 Å². The van der Waals surface area contributed by atoms with Gasteiger partial charge in [-0.15, -0.1) is 0 Å². The number of halogens is 2. The van der Waals surface area contributed by atoms with E-state index in [0.717, 1.165) is 5.56 Å². The van der Waals surface area contributed by atoms with E-state index in [4.69, 9.17) is 23.2 Å². The first-order chi connectivity index (χ1) is 11.4. The maximum absolute atomic E-state index is 12.0. The molecule has 2 rings (SSSR count). The maximum atomic E-state index is 12.0. The van der Waals surface area contributed by atoms with Gasteiger partial charge >= 0.3 is 0 Å². The molecule has 0 fully saturated rings. The predicted molar refractivity (Wildman–Crippen MR) is 94.6 cm³/mol. The number of amides is 1. The predicted octanol–water partition coefficient (Wildman–Crippen LogP) is 4.19. The summed E-state index contributed by atoms with van der Waals surface area (Å²) in [7, 11) is 0. The number of anilines is 1. The molecule has 1 atom stereocenters. The molecule has 2 aromatic carbocycles. The molecule has 0 spiro atoms. The van der Waals surface area contributed by atoms with Gasteiger partial charge < -0.3 is 10.6 Å². The van der Waals surface area contributed by atoms with Gasteiger partial charge in [0.2, 0.25) is 5.91 Å². The Labute approximate surface area is 148 Å². The summed E-state index contributed by atoms with van der Waals surface area (Å²) in [5.41, 5.74) is 1.20. The minimum absolute atomic E-state index is 0.0413. The van der Waals surface area contributed by atoms with Crippen LogP contribution in [0.3, 0.4) is 0 Å². The highest BCUT2D eigenvalue weighted by molar-refractivity contribution is 6.34. The third kappa shape index (κ3) is 4.92. The standard InChI is InChI=1S/C16H15Cl2N3O3/c1-10(11-2-4-12(17)5-3-11)19-9-16(22)20-15-7-6-13(21(23)24)8-14(15)18/h2-8,10,19H,9H2,1H3,(H,20,22)/t10-/m0/s1. The first-order valence-electron chi connectivity index (χ1n) is 7.09. The molecule has 0 aromatic heterocycles. The van der Waals surface area contributed by atoms with E-state index in [-0.39, 0.29) is 29.2 Å². The van der Waals surface area contributed by atoms with E-state index < -0.39 is 4.92 Å². The number of hydrogen-bond acceptors (Lipinski definition) is 4. The molecule has 8 heteroatoms. The fourth-order valence-corrected chi connectivity index (χ4v) is 2.38. The molecule has 0 saturated carbocycles. The number of non-ortho nitro benzene ring substituents is 1. The van der Waals surface area contributed by atoms with Crippen molar-refractivity contribution in [2.45, 2.75) is 13.0 Å². The van der Waals surface area contributed by atoms with Crippen molar-refractivity contribution in [3.05, 3.63) is 68.2 Å². The van der Waals surface area contributed by atoms with Gasteiger partial charge in [-0.2, -0.15) is 0 Å². The lowest BCUT2D eigenvalue weighted by atomic mass is 10.1. The topological polar surface area (TPSA) is 84.3 Å². The van der Waals surface area contributed by atoms with Gasteiger partial charge in [-0.05, 0) is 30.7 Å². The zero-order valence-corrected chi connectivity index (χ0v) is 14.3. The number of nitrogens with one attached hydrogen (secondary N) is 2. The van der Waals surface area contributed by atoms with E-state index >= 15 is 0 Å². The van der Waals surface area contributed by atoms with E-state index in [2.05, 4.69) is 10.6 Å². The molecule has 24 heavy (non-hydrogen) atoms. The van der Waals surface area contributed by atoms with Crippen molar-refractivity contribution >= 4 is 40.5 Å². The van der Waals surface area contributed by atoms with Crippen LogP contribution in [0.15, 0.2) is 42.5 Å². The van der Waals surface area contributed by atoms with Crippen LogP contribution in [0.25, 0.3) is 0 Å². The van der Waals surface area contributed by atoms with Crippen LogP contribution in [0.2, 0.25) is 10.0 Å². The molecule has 0 aliphatic carbocycles. The van der Waals surface area contributed by atoms with Crippen molar-refractivity contribution in [2.24, 2.45) is 0 Å². The molecule has 126 valence electrons. The van der Waals surface area contributed by atoms with Crippen LogP contribution in [-0.2, 0) is 4.79 Å². The lowest BCUT2D eigenvalue weighted by molar-refractivity contribution is -0.384. The molecule has 6 nitrogen and oxygen atoms in total. The lowest BCUT2D eigenvalue weighted by Crippen LogP contribution is -2.30. The molecule has 0 aliphatic heterocycles. The number of benzene rings is 2. The summed E-state index contributed by atoms with van der Waals surface area (Å²) in [4.78, 5) is 22.1. The highest BCUT2D eigenvalue weighted by Crippen LogP contribution is 2.26. The van der Waals surface area contributed by atoms with Crippen molar-refractivity contribution < 1.29 is 9.72 Å². The van der Waals surface area contributed by atoms with Gasteiger partial charge in [0.25, 0.3) is 5.69 Å². The Kier molecular flexibility index (Phi) is 6.14. The van der Waals surface area contributed by atoms with Crippen LogP contribution in [0.5, 0.6) is 0 Å². The zero-order chi connectivity index (χ0) is 17.7. The number of nitro benzene ring substituents is 1. The highest BCUT2D eigenvalue weighted by Gasteiger charge is 2.12. The largest absolute Gasteiger partial charge is 0.324 e. The van der Waals surface area contributed by atoms with E-state index in [1.807, 2.05) is 19.1 Å². The van der Waals surface area contributed by atoms with Gasteiger partial charge in [-0.1, -0.05) is 35.3 Å². The molecule has 2 N–H and O–H groups in total. The summed E-state index contributed by atoms with van der Waals surface area (Å²) in [6.07, 6.45) is 0. The van der Waals surface area contributed by atoms with E-state index in [0.29, 0.717) is 10.7 Å². The van der Waals surface area contributed by atoms with Crippen LogP contribution < -0.4 is 10.6 Å². The molecule has 2 aromatic rings. The number of hydrogen-bond donors (Lipinski definition) is 2. The molecule has 0 aliphatic rings. The van der Waals surface area contributed by atoms with Crippen molar-refractivity contribution in [2.75, 3.05) is 11.9 Å². The fourth-order valence-electron chi connectivity index (χ4n) is 2.03. The highest BCUT2D eigenvalue weighted by atomic mass is 35.5. The smallest absolute Gasteiger partial charge is 0.271 e. The molecular weight excluding hydrogens is 353 g/mol. The number of carbonyl (C=O) groups excluding carboxylic acids is 1. The molecule has 0 bridgehead atoms. The first-order valence-corrected chi connectivity index (χ1v) is 7.85. The molecular formula is C16H15Cl2N3O3. The second-order valence-electron chi connectivity index (χ2n) is 5.12. The average molecular weight is 368 g/mol. The fraction of sp³-hybridized carbons (Fsp3) is 0.188. The summed E-state index contributed by atoms with van der Waals surface area (Å²) >= 11 is 11.8. The van der Waals surface area contributed by atoms with Crippen molar-refractivity contribution in [1.82, 2.24) is 5.32 Å². The second-order valence-corrected chi connectivity index (χ2v) is 5.97. The Morgan fingerprint density at radius 3 is 2.46 bits per heavy atom. The van der Waals surface area contributed by atoms with Crippen LogP contribution >= 0.6 is 23.2 Å². The van der Waals surface area contributed by atoms with E-state index in [1.54, 1.807) is 12.1 Å². The van der Waals surface area contributed by atoms with Gasteiger partial charge in [0, 0.05) is 23.2 Å². The van der Waals surface area contributed by atoms with E-state index in [1.165, 1.54) is 18.2 Å². The maximum Gasteiger partial charge on any atom is 0.271 e. The zero-order valence-electron chi connectivity index (χ0n) is 12.8. The van der Waals surface area contributed by atoms with Gasteiger partial charge in [0.05, 0.1) is 22.2 Å². The Morgan fingerprint density at radius 1 is 1.21 bits per heavy atom. The van der Waals surface area contributed by atoms with Crippen LogP contribution in [0.1, 0.15) is 18.5 Å². The number of rotatable bonds is 6. The average Bonchev–Trinajstić information content (AvgIpc) is 2.55. The number of nitro groups is 1. The van der Waals surface area contributed by atoms with Crippen molar-refractivity contribution in [1.29, 1.82) is 0 Å². The van der Waals surface area contributed by atoms with Crippen molar-refractivity contribution in [3.8, 4) is 0 Å². The summed E-state index contributed by atoms with van der Waals surface area (Å²) in [6, 6.07) is 11.2. The van der Waals surface area contributed by atoms with Gasteiger partial charge in [-0.25, -0.2) is 0 Å². The number of nitrogens with zero attached hydrogens (tertiary/aromatic N) is 1. The van der Waals surface area contributed by atoms with Gasteiger partial charge in [0.1, 0.15) is 0 Å². The molecule has 0 unspecified atom stereocenters. The quantitative estimate of drug-likeness (QED) is 0.592. The molecule has 0 saturated heterocycles. The van der Waals surface area contributed by atoms with Gasteiger partial charge in [0.15, 0.2) is 0 Å². The monoisotopic (exact) mass is 367 g/mol. The summed E-state index contributed by atoms with van der Waals surface area (Å²) in [5, 5.41) is 17.1. The third-order valence-electron chi connectivity index (χ3n) is 3.38. The Morgan fingerprint density at radius 2 is 1.88 bits per heavy atom. The second kappa shape index (κ2) is 8.10. The minimum atomic E-state index is -0.549. The summed E-state index contributed by atoms with van der Waals surface area (Å²) in [6.45, 7) is 1.99. The SMILES string of the molecule is C[C@H](NCC(=O)Nc1ccc([N+](=O)[O-])cc1Cl)c1ccc(Cl)cc1. The van der Waals surface area contributed by atoms with Crippen LogP contribution in [0.4, 0.5) is 11.4 Å². The molecule has 0 radical (unpaired) electrons. The number of carbonyl (C=O) groups is 1. The lowest BCUT2D eigenvalue weighted by Gasteiger charge is -2.14. The third-order valence-corrected chi connectivity index (χ3v) is 3.94. The van der Waals surface area contributed by atoms with Crippen molar-refractivity contribution in [3.63, 3.8) is 0 Å². The van der Waals surface area contributed by atoms with Crippen LogP contribution in [-0.4, -0.2) is 17.4 Å².